The van der Waals surface area contributed by atoms with Crippen LogP contribution in [0.25, 0.3) is 33.3 Å². The standard InChI is InChI=1S/C27H26N4O2/c1-17(2)20-7-5-6-8-22(20)26-29-14-23-21-11-12-28-15-24(21)31(27(23)30-26)16-18-9-10-19(32-3)13-25(18)33-4/h5-15,17H,16H2,1-4H3. The lowest BCUT2D eigenvalue weighted by molar-refractivity contribution is 0.390. The number of aromatic nitrogens is 4. The van der Waals surface area contributed by atoms with Gasteiger partial charge in [0.25, 0.3) is 0 Å². The molecule has 0 saturated heterocycles. The summed E-state index contributed by atoms with van der Waals surface area (Å²) >= 11 is 0. The predicted octanol–water partition coefficient (Wildman–Crippen LogP) is 5.84. The van der Waals surface area contributed by atoms with E-state index in [1.807, 2.05) is 48.9 Å². The summed E-state index contributed by atoms with van der Waals surface area (Å²) in [5.74, 6) is 2.63. The zero-order valence-corrected chi connectivity index (χ0v) is 19.2. The minimum Gasteiger partial charge on any atom is -0.497 e. The van der Waals surface area contributed by atoms with Crippen molar-refractivity contribution in [3.63, 3.8) is 0 Å². The van der Waals surface area contributed by atoms with Crippen molar-refractivity contribution in [3.8, 4) is 22.9 Å². The second-order valence-corrected chi connectivity index (χ2v) is 8.33. The molecule has 0 spiro atoms. The lowest BCUT2D eigenvalue weighted by Gasteiger charge is -2.14. The Morgan fingerprint density at radius 1 is 0.939 bits per heavy atom. The second-order valence-electron chi connectivity index (χ2n) is 8.33. The van der Waals surface area contributed by atoms with Gasteiger partial charge >= 0.3 is 0 Å². The fourth-order valence-corrected chi connectivity index (χ4v) is 4.36. The minimum absolute atomic E-state index is 0.374. The third-order valence-corrected chi connectivity index (χ3v) is 6.05. The van der Waals surface area contributed by atoms with Gasteiger partial charge in [-0.15, -0.1) is 0 Å². The zero-order chi connectivity index (χ0) is 22.9. The molecule has 2 aromatic carbocycles. The van der Waals surface area contributed by atoms with E-state index in [-0.39, 0.29) is 0 Å². The summed E-state index contributed by atoms with van der Waals surface area (Å²) < 4.78 is 13.2. The lowest BCUT2D eigenvalue weighted by Crippen LogP contribution is -2.04. The van der Waals surface area contributed by atoms with Gasteiger partial charge in [-0.1, -0.05) is 38.1 Å². The van der Waals surface area contributed by atoms with Gasteiger partial charge in [0, 0.05) is 40.4 Å². The molecule has 33 heavy (non-hydrogen) atoms. The Bertz CT molecular complexity index is 1460. The van der Waals surface area contributed by atoms with Crippen molar-refractivity contribution in [2.24, 2.45) is 0 Å². The molecule has 0 fully saturated rings. The smallest absolute Gasteiger partial charge is 0.161 e. The lowest BCUT2D eigenvalue weighted by atomic mass is 9.97. The molecule has 0 aliphatic carbocycles. The molecule has 5 aromatic rings. The van der Waals surface area contributed by atoms with Crippen LogP contribution in [0.1, 0.15) is 30.9 Å². The molecule has 0 N–H and O–H groups in total. The topological polar surface area (TPSA) is 62.1 Å². The third-order valence-electron chi connectivity index (χ3n) is 6.05. The maximum Gasteiger partial charge on any atom is 0.161 e. The number of ether oxygens (including phenoxy) is 2. The largest absolute Gasteiger partial charge is 0.497 e. The number of rotatable bonds is 6. The van der Waals surface area contributed by atoms with Gasteiger partial charge in [-0.2, -0.15) is 0 Å². The van der Waals surface area contributed by atoms with Crippen LogP contribution in [-0.4, -0.2) is 33.7 Å². The van der Waals surface area contributed by atoms with Crippen molar-refractivity contribution in [1.82, 2.24) is 19.5 Å². The summed E-state index contributed by atoms with van der Waals surface area (Å²) in [7, 11) is 3.33. The van der Waals surface area contributed by atoms with Crippen molar-refractivity contribution in [3.05, 3.63) is 78.2 Å². The maximum absolute atomic E-state index is 5.65. The van der Waals surface area contributed by atoms with E-state index >= 15 is 0 Å². The Morgan fingerprint density at radius 2 is 1.79 bits per heavy atom. The first kappa shape index (κ1) is 20.9. The van der Waals surface area contributed by atoms with E-state index in [4.69, 9.17) is 19.4 Å². The molecular weight excluding hydrogens is 412 g/mol. The molecule has 0 unspecified atom stereocenters. The molecule has 6 nitrogen and oxygen atoms in total. The molecule has 5 rings (SSSR count). The zero-order valence-electron chi connectivity index (χ0n) is 19.2. The number of methoxy groups -OCH3 is 2. The van der Waals surface area contributed by atoms with Crippen LogP contribution in [0.3, 0.4) is 0 Å². The van der Waals surface area contributed by atoms with Crippen LogP contribution in [0.2, 0.25) is 0 Å². The molecule has 0 bridgehead atoms. The summed E-state index contributed by atoms with van der Waals surface area (Å²) in [5, 5.41) is 2.09. The van der Waals surface area contributed by atoms with Gasteiger partial charge in [0.1, 0.15) is 17.1 Å². The number of fused-ring (bicyclic) bond motifs is 3. The number of hydrogen-bond acceptors (Lipinski definition) is 5. The molecule has 0 saturated carbocycles. The molecular formula is C27H26N4O2. The van der Waals surface area contributed by atoms with Crippen molar-refractivity contribution in [2.45, 2.75) is 26.3 Å². The molecule has 0 aliphatic heterocycles. The molecule has 0 amide bonds. The highest BCUT2D eigenvalue weighted by Crippen LogP contribution is 2.33. The van der Waals surface area contributed by atoms with E-state index in [9.17, 15) is 0 Å². The Hall–Kier alpha value is -3.93. The van der Waals surface area contributed by atoms with Crippen LogP contribution in [0.4, 0.5) is 0 Å². The summed E-state index contributed by atoms with van der Waals surface area (Å²) in [4.78, 5) is 14.2. The van der Waals surface area contributed by atoms with E-state index < -0.39 is 0 Å². The van der Waals surface area contributed by atoms with Gasteiger partial charge in [-0.05, 0) is 29.7 Å². The van der Waals surface area contributed by atoms with E-state index in [1.54, 1.807) is 14.2 Å². The minimum atomic E-state index is 0.374. The summed E-state index contributed by atoms with van der Waals surface area (Å²) in [6, 6.07) is 16.2. The molecule has 0 radical (unpaired) electrons. The number of benzene rings is 2. The maximum atomic E-state index is 5.65. The van der Waals surface area contributed by atoms with Crippen LogP contribution in [0, 0.1) is 0 Å². The first-order valence-electron chi connectivity index (χ1n) is 11.0. The molecule has 0 aliphatic rings. The monoisotopic (exact) mass is 438 g/mol. The molecule has 6 heteroatoms. The van der Waals surface area contributed by atoms with Crippen LogP contribution in [-0.2, 0) is 6.54 Å². The highest BCUT2D eigenvalue weighted by atomic mass is 16.5. The third kappa shape index (κ3) is 3.67. The predicted molar refractivity (Wildman–Crippen MR) is 131 cm³/mol. The van der Waals surface area contributed by atoms with Crippen LogP contribution >= 0.6 is 0 Å². The van der Waals surface area contributed by atoms with Crippen LogP contribution in [0.5, 0.6) is 11.5 Å². The first-order chi connectivity index (χ1) is 16.1. The van der Waals surface area contributed by atoms with Crippen LogP contribution < -0.4 is 9.47 Å². The highest BCUT2D eigenvalue weighted by Gasteiger charge is 2.17. The van der Waals surface area contributed by atoms with Gasteiger partial charge in [-0.25, -0.2) is 9.97 Å². The average molecular weight is 439 g/mol. The summed E-state index contributed by atoms with van der Waals surface area (Å²) in [6.45, 7) is 4.97. The van der Waals surface area contributed by atoms with E-state index in [0.29, 0.717) is 12.5 Å². The van der Waals surface area contributed by atoms with Crippen molar-refractivity contribution >= 4 is 21.9 Å². The van der Waals surface area contributed by atoms with Crippen LogP contribution in [0.15, 0.2) is 67.1 Å². The van der Waals surface area contributed by atoms with Crippen molar-refractivity contribution in [2.75, 3.05) is 14.2 Å². The summed E-state index contributed by atoms with van der Waals surface area (Å²) in [6.07, 6.45) is 5.62. The van der Waals surface area contributed by atoms with Gasteiger partial charge < -0.3 is 14.0 Å². The normalized spacial score (nSPS) is 11.4. The fourth-order valence-electron chi connectivity index (χ4n) is 4.36. The van der Waals surface area contributed by atoms with E-state index in [1.165, 1.54) is 5.56 Å². The number of pyridine rings is 1. The molecule has 3 aromatic heterocycles. The number of nitrogens with zero attached hydrogens (tertiary/aromatic N) is 4. The highest BCUT2D eigenvalue weighted by molar-refractivity contribution is 6.06. The van der Waals surface area contributed by atoms with Gasteiger partial charge in [0.15, 0.2) is 5.82 Å². The van der Waals surface area contributed by atoms with E-state index in [0.717, 1.165) is 50.4 Å². The summed E-state index contributed by atoms with van der Waals surface area (Å²) in [5.41, 5.74) is 5.21. The average Bonchev–Trinajstić information content (AvgIpc) is 3.17. The second kappa shape index (κ2) is 8.54. The van der Waals surface area contributed by atoms with Crippen molar-refractivity contribution in [1.29, 1.82) is 0 Å². The van der Waals surface area contributed by atoms with Gasteiger partial charge in [0.05, 0.1) is 32.5 Å². The Morgan fingerprint density at radius 3 is 2.58 bits per heavy atom. The van der Waals surface area contributed by atoms with Gasteiger partial charge in [0.2, 0.25) is 0 Å². The van der Waals surface area contributed by atoms with Crippen molar-refractivity contribution < 1.29 is 9.47 Å². The Kier molecular flexibility index (Phi) is 5.42. The molecule has 166 valence electrons. The fraction of sp³-hybridized carbons (Fsp3) is 0.222. The Balaban J connectivity index is 1.72. The Labute approximate surface area is 192 Å². The molecule has 0 atom stereocenters. The number of hydrogen-bond donors (Lipinski definition) is 0. The van der Waals surface area contributed by atoms with Gasteiger partial charge in [-0.3, -0.25) is 4.98 Å². The first-order valence-corrected chi connectivity index (χ1v) is 11.0. The SMILES string of the molecule is COc1ccc(Cn2c3cnccc3c3cnc(-c4ccccc4C(C)C)nc32)c(OC)c1. The molecule has 3 heterocycles. The quantitative estimate of drug-likeness (QED) is 0.333. The van der Waals surface area contributed by atoms with E-state index in [2.05, 4.69) is 41.6 Å².